The highest BCUT2D eigenvalue weighted by atomic mass is 16.6. The average molecular weight is 411 g/mol. The van der Waals surface area contributed by atoms with Gasteiger partial charge in [-0.2, -0.15) is 0 Å². The third-order valence-corrected chi connectivity index (χ3v) is 4.91. The molecule has 1 saturated heterocycles. The van der Waals surface area contributed by atoms with E-state index in [2.05, 4.69) is 5.32 Å². The second-order valence-corrected chi connectivity index (χ2v) is 8.48. The normalized spacial score (nSPS) is 19.1. The SMILES string of the molecule is CC(C)(C)OC(=O)N[C@H]1CCCN(C(=O)OCc2ccccc2)[C@H]1c1ccccc1. The average Bonchev–Trinajstić information content (AvgIpc) is 2.72. The number of nitrogens with zero attached hydrogens (tertiary/aromatic N) is 1. The molecule has 0 aromatic heterocycles. The first-order chi connectivity index (χ1) is 14.3. The Balaban J connectivity index is 1.76. The zero-order valence-corrected chi connectivity index (χ0v) is 17.8. The van der Waals surface area contributed by atoms with Crippen LogP contribution in [0.25, 0.3) is 0 Å². The third kappa shape index (κ3) is 5.99. The number of nitrogens with one attached hydrogen (secondary N) is 1. The van der Waals surface area contributed by atoms with Gasteiger partial charge in [-0.1, -0.05) is 60.7 Å². The fourth-order valence-corrected chi connectivity index (χ4v) is 3.68. The lowest BCUT2D eigenvalue weighted by atomic mass is 9.90. The van der Waals surface area contributed by atoms with Crippen LogP contribution in [0.5, 0.6) is 0 Å². The van der Waals surface area contributed by atoms with Gasteiger partial charge in [0.15, 0.2) is 0 Å². The standard InChI is InChI=1S/C24H30N2O4/c1-24(2,3)30-22(27)25-20-15-10-16-26(21(20)19-13-8-5-9-14-19)23(28)29-17-18-11-6-4-7-12-18/h4-9,11-14,20-21H,10,15-17H2,1-3H3,(H,25,27)/t20-,21-/m0/s1. The van der Waals surface area contributed by atoms with E-state index >= 15 is 0 Å². The molecule has 6 heteroatoms. The van der Waals surface area contributed by atoms with Crippen LogP contribution < -0.4 is 5.32 Å². The predicted molar refractivity (Wildman–Crippen MR) is 115 cm³/mol. The molecular weight excluding hydrogens is 380 g/mol. The number of hydrogen-bond acceptors (Lipinski definition) is 4. The van der Waals surface area contributed by atoms with E-state index in [4.69, 9.17) is 9.47 Å². The molecule has 0 unspecified atom stereocenters. The van der Waals surface area contributed by atoms with Crippen LogP contribution in [0.1, 0.15) is 50.8 Å². The van der Waals surface area contributed by atoms with Crippen molar-refractivity contribution in [3.63, 3.8) is 0 Å². The second-order valence-electron chi connectivity index (χ2n) is 8.48. The van der Waals surface area contributed by atoms with Crippen molar-refractivity contribution in [3.05, 3.63) is 71.8 Å². The molecule has 2 amide bonds. The first-order valence-corrected chi connectivity index (χ1v) is 10.4. The molecule has 1 aliphatic rings. The van der Waals surface area contributed by atoms with Gasteiger partial charge in [0.05, 0.1) is 12.1 Å². The summed E-state index contributed by atoms with van der Waals surface area (Å²) < 4.78 is 11.0. The van der Waals surface area contributed by atoms with Crippen LogP contribution in [0.4, 0.5) is 9.59 Å². The molecule has 6 nitrogen and oxygen atoms in total. The molecule has 0 aliphatic carbocycles. The molecule has 0 radical (unpaired) electrons. The highest BCUT2D eigenvalue weighted by Gasteiger charge is 2.37. The van der Waals surface area contributed by atoms with Crippen molar-refractivity contribution in [2.75, 3.05) is 6.54 Å². The summed E-state index contributed by atoms with van der Waals surface area (Å²) in [7, 11) is 0. The Morgan fingerprint density at radius 3 is 2.30 bits per heavy atom. The summed E-state index contributed by atoms with van der Waals surface area (Å²) >= 11 is 0. The Bertz CT molecular complexity index is 833. The minimum atomic E-state index is -0.588. The molecule has 0 bridgehead atoms. The predicted octanol–water partition coefficient (Wildman–Crippen LogP) is 5.05. The number of hydrogen-bond donors (Lipinski definition) is 1. The highest BCUT2D eigenvalue weighted by Crippen LogP contribution is 2.32. The van der Waals surface area contributed by atoms with Crippen molar-refractivity contribution < 1.29 is 19.1 Å². The van der Waals surface area contributed by atoms with E-state index in [1.807, 2.05) is 81.4 Å². The Hall–Kier alpha value is -3.02. The van der Waals surface area contributed by atoms with Gasteiger partial charge in [-0.25, -0.2) is 9.59 Å². The van der Waals surface area contributed by atoms with Crippen LogP contribution in [-0.2, 0) is 16.1 Å². The summed E-state index contributed by atoms with van der Waals surface area (Å²) in [5, 5.41) is 2.97. The number of rotatable bonds is 4. The zero-order valence-electron chi connectivity index (χ0n) is 17.8. The lowest BCUT2D eigenvalue weighted by Gasteiger charge is -2.41. The monoisotopic (exact) mass is 410 g/mol. The van der Waals surface area contributed by atoms with Gasteiger partial charge < -0.3 is 14.8 Å². The maximum atomic E-state index is 13.0. The molecule has 1 fully saturated rings. The van der Waals surface area contributed by atoms with E-state index in [0.717, 1.165) is 24.0 Å². The summed E-state index contributed by atoms with van der Waals surface area (Å²) in [6.45, 7) is 6.27. The zero-order chi connectivity index (χ0) is 21.6. The van der Waals surface area contributed by atoms with Gasteiger partial charge in [0.25, 0.3) is 0 Å². The molecule has 1 aliphatic heterocycles. The first kappa shape index (κ1) is 21.7. The molecule has 2 aromatic rings. The summed E-state index contributed by atoms with van der Waals surface area (Å²) in [4.78, 5) is 27.1. The smallest absolute Gasteiger partial charge is 0.410 e. The van der Waals surface area contributed by atoms with Crippen LogP contribution in [0.3, 0.4) is 0 Å². The van der Waals surface area contributed by atoms with E-state index < -0.39 is 11.7 Å². The fourth-order valence-electron chi connectivity index (χ4n) is 3.68. The molecule has 1 heterocycles. The van der Waals surface area contributed by atoms with E-state index in [0.29, 0.717) is 6.54 Å². The van der Waals surface area contributed by atoms with Gasteiger partial charge in [0.2, 0.25) is 0 Å². The number of ether oxygens (including phenoxy) is 2. The van der Waals surface area contributed by atoms with Gasteiger partial charge in [-0.3, -0.25) is 4.90 Å². The molecule has 2 atom stereocenters. The minimum Gasteiger partial charge on any atom is -0.445 e. The van der Waals surface area contributed by atoms with Crippen molar-refractivity contribution in [3.8, 4) is 0 Å². The summed E-state index contributed by atoms with van der Waals surface area (Å²) in [5.41, 5.74) is 1.30. The number of carbonyl (C=O) groups is 2. The Labute approximate surface area is 178 Å². The van der Waals surface area contributed by atoms with Crippen LogP contribution in [-0.4, -0.2) is 35.3 Å². The quantitative estimate of drug-likeness (QED) is 0.766. The maximum absolute atomic E-state index is 13.0. The Morgan fingerprint density at radius 1 is 1.03 bits per heavy atom. The Morgan fingerprint density at radius 2 is 1.67 bits per heavy atom. The fraction of sp³-hybridized carbons (Fsp3) is 0.417. The Kier molecular flexibility index (Phi) is 6.98. The van der Waals surface area contributed by atoms with E-state index in [1.165, 1.54) is 0 Å². The molecule has 2 aromatic carbocycles. The van der Waals surface area contributed by atoms with Crippen LogP contribution >= 0.6 is 0 Å². The van der Waals surface area contributed by atoms with E-state index in [1.54, 1.807) is 4.90 Å². The topological polar surface area (TPSA) is 67.9 Å². The molecule has 3 rings (SSSR count). The first-order valence-electron chi connectivity index (χ1n) is 10.4. The van der Waals surface area contributed by atoms with Gasteiger partial charge >= 0.3 is 12.2 Å². The van der Waals surface area contributed by atoms with E-state index in [-0.39, 0.29) is 24.8 Å². The number of amides is 2. The molecule has 1 N–H and O–H groups in total. The van der Waals surface area contributed by atoms with Crippen molar-refractivity contribution in [2.24, 2.45) is 0 Å². The number of benzene rings is 2. The van der Waals surface area contributed by atoms with Crippen molar-refractivity contribution in [1.82, 2.24) is 10.2 Å². The number of piperidine rings is 1. The number of carbonyl (C=O) groups excluding carboxylic acids is 2. The third-order valence-electron chi connectivity index (χ3n) is 4.91. The highest BCUT2D eigenvalue weighted by molar-refractivity contribution is 5.70. The number of alkyl carbamates (subject to hydrolysis) is 1. The van der Waals surface area contributed by atoms with Crippen LogP contribution in [0.2, 0.25) is 0 Å². The van der Waals surface area contributed by atoms with Gasteiger partial charge in [0.1, 0.15) is 12.2 Å². The second kappa shape index (κ2) is 9.65. The maximum Gasteiger partial charge on any atom is 0.410 e. The summed E-state index contributed by atoms with van der Waals surface area (Å²) in [6, 6.07) is 18.7. The van der Waals surface area contributed by atoms with Crippen molar-refractivity contribution in [1.29, 1.82) is 0 Å². The lowest BCUT2D eigenvalue weighted by Crippen LogP contribution is -2.52. The van der Waals surface area contributed by atoms with E-state index in [9.17, 15) is 9.59 Å². The molecule has 30 heavy (non-hydrogen) atoms. The summed E-state index contributed by atoms with van der Waals surface area (Å²) in [6.07, 6.45) is 0.655. The minimum absolute atomic E-state index is 0.210. The lowest BCUT2D eigenvalue weighted by molar-refractivity contribution is 0.0344. The van der Waals surface area contributed by atoms with Gasteiger partial charge in [0, 0.05) is 6.54 Å². The van der Waals surface area contributed by atoms with Crippen LogP contribution in [0, 0.1) is 0 Å². The number of likely N-dealkylation sites (tertiary alicyclic amines) is 1. The molecule has 0 spiro atoms. The molecule has 160 valence electrons. The van der Waals surface area contributed by atoms with Crippen molar-refractivity contribution in [2.45, 2.75) is 57.9 Å². The van der Waals surface area contributed by atoms with Gasteiger partial charge in [-0.15, -0.1) is 0 Å². The summed E-state index contributed by atoms with van der Waals surface area (Å²) in [5.74, 6) is 0. The van der Waals surface area contributed by atoms with Crippen molar-refractivity contribution >= 4 is 12.2 Å². The largest absolute Gasteiger partial charge is 0.445 e. The van der Waals surface area contributed by atoms with Crippen LogP contribution in [0.15, 0.2) is 60.7 Å². The van der Waals surface area contributed by atoms with Gasteiger partial charge in [-0.05, 0) is 44.7 Å². The molecule has 0 saturated carbocycles. The molecular formula is C24H30N2O4.